The van der Waals surface area contributed by atoms with Crippen molar-refractivity contribution in [2.75, 3.05) is 11.5 Å². The van der Waals surface area contributed by atoms with Crippen LogP contribution in [0.4, 0.5) is 0 Å². The smallest absolute Gasteiger partial charge is 0.0210 e. The summed E-state index contributed by atoms with van der Waals surface area (Å²) in [5.41, 5.74) is 1.49. The number of hydrogen-bond acceptors (Lipinski definition) is 1. The average molecular weight is 243 g/mol. The van der Waals surface area contributed by atoms with Crippen LogP contribution < -0.4 is 0 Å². The Morgan fingerprint density at radius 3 is 2.83 bits per heavy atom. The van der Waals surface area contributed by atoms with Crippen molar-refractivity contribution in [3.05, 3.63) is 34.3 Å². The molecule has 1 aliphatic heterocycles. The second-order valence-corrected chi connectivity index (χ2v) is 5.09. The molecule has 2 heteroatoms. The minimum Gasteiger partial charge on any atom is -0.161 e. The van der Waals surface area contributed by atoms with E-state index in [1.165, 1.54) is 28.0 Å². The molecule has 2 rings (SSSR count). The van der Waals surface area contributed by atoms with E-state index in [9.17, 15) is 0 Å². The van der Waals surface area contributed by atoms with Crippen molar-refractivity contribution in [3.63, 3.8) is 0 Å². The van der Waals surface area contributed by atoms with Crippen LogP contribution in [-0.2, 0) is 0 Å². The third kappa shape index (κ3) is 1.69. The van der Waals surface area contributed by atoms with Crippen molar-refractivity contribution in [2.24, 2.45) is 0 Å². The maximum Gasteiger partial charge on any atom is 0.0210 e. The van der Waals surface area contributed by atoms with E-state index in [2.05, 4.69) is 52.0 Å². The summed E-state index contributed by atoms with van der Waals surface area (Å²) in [6.45, 7) is 0. The number of hydrogen-bond donors (Lipinski definition) is 0. The third-order valence-electron chi connectivity index (χ3n) is 2.27. The van der Waals surface area contributed by atoms with Crippen molar-refractivity contribution in [1.29, 1.82) is 0 Å². The Kier molecular flexibility index (Phi) is 2.76. The van der Waals surface area contributed by atoms with Crippen LogP contribution in [0.2, 0.25) is 0 Å². The van der Waals surface area contributed by atoms with Gasteiger partial charge in [-0.15, -0.1) is 0 Å². The van der Waals surface area contributed by atoms with Crippen LogP contribution in [0.1, 0.15) is 17.9 Å². The molecule has 0 nitrogen and oxygen atoms in total. The topological polar surface area (TPSA) is 0 Å². The monoisotopic (exact) mass is 242 g/mol. The Balaban J connectivity index is 2.26. The molecule has 0 radical (unpaired) electrons. The molecule has 0 aliphatic carbocycles. The quantitative estimate of drug-likeness (QED) is 0.725. The molecule has 1 heterocycles. The number of thioether (sulfide) groups is 1. The fourth-order valence-corrected chi connectivity index (χ4v) is 3.44. The zero-order valence-electron chi connectivity index (χ0n) is 6.79. The highest BCUT2D eigenvalue weighted by atomic mass is 79.9. The molecule has 12 heavy (non-hydrogen) atoms. The van der Waals surface area contributed by atoms with Gasteiger partial charge in [-0.2, -0.15) is 11.8 Å². The number of rotatable bonds is 1. The van der Waals surface area contributed by atoms with E-state index >= 15 is 0 Å². The Bertz CT molecular complexity index is 266. The molecule has 64 valence electrons. The normalized spacial score (nSPS) is 22.9. The van der Waals surface area contributed by atoms with Crippen LogP contribution in [0.25, 0.3) is 0 Å². The van der Waals surface area contributed by atoms with Gasteiger partial charge in [0.15, 0.2) is 0 Å². The molecule has 1 saturated heterocycles. The average Bonchev–Trinajstić information content (AvgIpc) is 2.57. The summed E-state index contributed by atoms with van der Waals surface area (Å²) >= 11 is 5.66. The van der Waals surface area contributed by atoms with Crippen LogP contribution in [0.3, 0.4) is 0 Å². The van der Waals surface area contributed by atoms with E-state index < -0.39 is 0 Å². The standard InChI is InChI=1S/C10H11BrS/c11-10-4-2-1-3-9(10)8-5-6-12-7-8/h1-4,8H,5-7H2. The van der Waals surface area contributed by atoms with Crippen LogP contribution >= 0.6 is 27.7 Å². The lowest BCUT2D eigenvalue weighted by atomic mass is 9.99. The Hall–Kier alpha value is 0.0500. The fraction of sp³-hybridized carbons (Fsp3) is 0.400. The summed E-state index contributed by atoms with van der Waals surface area (Å²) in [7, 11) is 0. The lowest BCUT2D eigenvalue weighted by molar-refractivity contribution is 0.778. The van der Waals surface area contributed by atoms with Gasteiger partial charge in [-0.1, -0.05) is 34.1 Å². The summed E-state index contributed by atoms with van der Waals surface area (Å²) in [6.07, 6.45) is 1.34. The highest BCUT2D eigenvalue weighted by molar-refractivity contribution is 9.10. The Labute approximate surface area is 85.9 Å². The van der Waals surface area contributed by atoms with Crippen molar-refractivity contribution in [3.8, 4) is 0 Å². The van der Waals surface area contributed by atoms with Gasteiger partial charge >= 0.3 is 0 Å². The third-order valence-corrected chi connectivity index (χ3v) is 4.16. The highest BCUT2D eigenvalue weighted by Crippen LogP contribution is 2.35. The first-order valence-electron chi connectivity index (χ1n) is 4.20. The lowest BCUT2D eigenvalue weighted by Gasteiger charge is -2.09. The molecule has 0 bridgehead atoms. The van der Waals surface area contributed by atoms with E-state index in [1.54, 1.807) is 0 Å². The van der Waals surface area contributed by atoms with Crippen LogP contribution in [0.15, 0.2) is 28.7 Å². The largest absolute Gasteiger partial charge is 0.161 e. The first kappa shape index (κ1) is 8.64. The van der Waals surface area contributed by atoms with Gasteiger partial charge in [0, 0.05) is 10.2 Å². The minimum atomic E-state index is 0.783. The lowest BCUT2D eigenvalue weighted by Crippen LogP contribution is -1.96. The van der Waals surface area contributed by atoms with Crippen molar-refractivity contribution < 1.29 is 0 Å². The van der Waals surface area contributed by atoms with Gasteiger partial charge in [0.05, 0.1) is 0 Å². The fourth-order valence-electron chi connectivity index (χ4n) is 1.59. The molecule has 0 amide bonds. The van der Waals surface area contributed by atoms with Crippen LogP contribution in [-0.4, -0.2) is 11.5 Å². The van der Waals surface area contributed by atoms with E-state index in [1.807, 2.05) is 0 Å². The van der Waals surface area contributed by atoms with Crippen LogP contribution in [0.5, 0.6) is 0 Å². The van der Waals surface area contributed by atoms with E-state index in [0.717, 1.165) is 5.92 Å². The van der Waals surface area contributed by atoms with Crippen molar-refractivity contribution in [1.82, 2.24) is 0 Å². The molecular formula is C10H11BrS. The van der Waals surface area contributed by atoms with Gasteiger partial charge in [0.25, 0.3) is 0 Å². The maximum absolute atomic E-state index is 3.60. The zero-order valence-corrected chi connectivity index (χ0v) is 9.20. The molecule has 1 unspecified atom stereocenters. The first-order valence-corrected chi connectivity index (χ1v) is 6.15. The molecular weight excluding hydrogens is 232 g/mol. The molecule has 1 aliphatic rings. The molecule has 0 spiro atoms. The van der Waals surface area contributed by atoms with E-state index in [0.29, 0.717) is 0 Å². The molecule has 0 aromatic heterocycles. The van der Waals surface area contributed by atoms with Gasteiger partial charge in [-0.05, 0) is 29.7 Å². The van der Waals surface area contributed by atoms with E-state index in [-0.39, 0.29) is 0 Å². The second-order valence-electron chi connectivity index (χ2n) is 3.08. The van der Waals surface area contributed by atoms with Gasteiger partial charge < -0.3 is 0 Å². The van der Waals surface area contributed by atoms with E-state index in [4.69, 9.17) is 0 Å². The van der Waals surface area contributed by atoms with Crippen molar-refractivity contribution >= 4 is 27.7 Å². The van der Waals surface area contributed by atoms with Gasteiger partial charge in [-0.25, -0.2) is 0 Å². The summed E-state index contributed by atoms with van der Waals surface area (Å²) in [4.78, 5) is 0. The van der Waals surface area contributed by atoms with Crippen molar-refractivity contribution in [2.45, 2.75) is 12.3 Å². The summed E-state index contributed by atoms with van der Waals surface area (Å²) < 4.78 is 1.28. The molecule has 1 fully saturated rings. The first-order chi connectivity index (χ1) is 5.88. The summed E-state index contributed by atoms with van der Waals surface area (Å²) in [6, 6.07) is 8.58. The molecule has 1 atom stereocenters. The summed E-state index contributed by atoms with van der Waals surface area (Å²) in [5, 5.41) is 0. The SMILES string of the molecule is Brc1ccccc1C1CCSC1. The highest BCUT2D eigenvalue weighted by Gasteiger charge is 2.18. The molecule has 0 saturated carbocycles. The van der Waals surface area contributed by atoms with Gasteiger partial charge in [-0.3, -0.25) is 0 Å². The second kappa shape index (κ2) is 3.84. The molecule has 1 aromatic carbocycles. The molecule has 0 N–H and O–H groups in total. The van der Waals surface area contributed by atoms with Crippen LogP contribution in [0, 0.1) is 0 Å². The number of benzene rings is 1. The molecule has 1 aromatic rings. The predicted molar refractivity (Wildman–Crippen MR) is 58.8 cm³/mol. The number of halogens is 1. The summed E-state index contributed by atoms with van der Waals surface area (Å²) in [5.74, 6) is 3.40. The van der Waals surface area contributed by atoms with Gasteiger partial charge in [0.2, 0.25) is 0 Å². The Morgan fingerprint density at radius 1 is 1.33 bits per heavy atom. The minimum absolute atomic E-state index is 0.783. The maximum atomic E-state index is 3.60. The Morgan fingerprint density at radius 2 is 2.17 bits per heavy atom. The predicted octanol–water partition coefficient (Wildman–Crippen LogP) is 3.67. The zero-order chi connectivity index (χ0) is 8.39. The van der Waals surface area contributed by atoms with Gasteiger partial charge in [0.1, 0.15) is 0 Å².